The van der Waals surface area contributed by atoms with Crippen molar-refractivity contribution in [2.45, 2.75) is 24.4 Å². The molecule has 0 saturated carbocycles. The van der Waals surface area contributed by atoms with Crippen molar-refractivity contribution in [2.24, 2.45) is 0 Å². The Labute approximate surface area is 174 Å². The van der Waals surface area contributed by atoms with Crippen LogP contribution in [-0.2, 0) is 21.1 Å². The highest BCUT2D eigenvalue weighted by molar-refractivity contribution is 5.99. The Morgan fingerprint density at radius 2 is 1.90 bits per heavy atom. The van der Waals surface area contributed by atoms with E-state index in [1.807, 2.05) is 0 Å². The first-order chi connectivity index (χ1) is 14.8. The van der Waals surface area contributed by atoms with Crippen molar-refractivity contribution in [3.05, 3.63) is 72.1 Å². The minimum Gasteiger partial charge on any atom is -0.381 e. The quantitative estimate of drug-likeness (QED) is 0.628. The molecule has 10 heteroatoms. The number of halogens is 4. The molecule has 1 fully saturated rings. The van der Waals surface area contributed by atoms with Crippen molar-refractivity contribution in [1.82, 2.24) is 14.8 Å². The number of nitrogens with zero attached hydrogens (tertiary/aromatic N) is 3. The lowest BCUT2D eigenvalue weighted by Gasteiger charge is -2.36. The number of hydrogen-bond acceptors (Lipinski definition) is 4. The van der Waals surface area contributed by atoms with Gasteiger partial charge in [0.2, 0.25) is 5.91 Å². The third-order valence-corrected chi connectivity index (χ3v) is 5.39. The fourth-order valence-corrected chi connectivity index (χ4v) is 3.71. The van der Waals surface area contributed by atoms with Gasteiger partial charge in [-0.2, -0.15) is 18.3 Å². The predicted molar refractivity (Wildman–Crippen MR) is 103 cm³/mol. The molecule has 0 aliphatic carbocycles. The SMILES string of the molecule is O=C(Nc1ccc(-n2cncn2)c(F)c1)C1(c2cccc(C(F)(F)F)c2)CCOCC1. The Kier molecular flexibility index (Phi) is 5.48. The van der Waals surface area contributed by atoms with E-state index in [9.17, 15) is 22.4 Å². The van der Waals surface area contributed by atoms with Crippen LogP contribution in [0.25, 0.3) is 5.69 Å². The number of carbonyl (C=O) groups excluding carboxylic acids is 1. The minimum absolute atomic E-state index is 0.147. The normalized spacial score (nSPS) is 16.1. The van der Waals surface area contributed by atoms with Crippen molar-refractivity contribution < 1.29 is 27.1 Å². The zero-order chi connectivity index (χ0) is 22.1. The smallest absolute Gasteiger partial charge is 0.381 e. The molecule has 1 aliphatic heterocycles. The molecule has 1 aromatic heterocycles. The maximum atomic E-state index is 14.5. The molecule has 1 aliphatic rings. The van der Waals surface area contributed by atoms with Crippen LogP contribution in [0, 0.1) is 5.82 Å². The summed E-state index contributed by atoms with van der Waals surface area (Å²) in [6, 6.07) is 8.82. The number of carbonyl (C=O) groups is 1. The molecule has 2 aromatic carbocycles. The van der Waals surface area contributed by atoms with Gasteiger partial charge in [-0.25, -0.2) is 14.1 Å². The lowest BCUT2D eigenvalue weighted by molar-refractivity contribution is -0.138. The second kappa shape index (κ2) is 8.10. The second-order valence-corrected chi connectivity index (χ2v) is 7.23. The van der Waals surface area contributed by atoms with E-state index in [1.54, 1.807) is 0 Å². The molecule has 0 unspecified atom stereocenters. The van der Waals surface area contributed by atoms with Crippen LogP contribution in [0.4, 0.5) is 23.2 Å². The highest BCUT2D eigenvalue weighted by Gasteiger charge is 2.43. The van der Waals surface area contributed by atoms with E-state index in [-0.39, 0.29) is 43.0 Å². The number of benzene rings is 2. The summed E-state index contributed by atoms with van der Waals surface area (Å²) in [4.78, 5) is 17.0. The number of anilines is 1. The largest absolute Gasteiger partial charge is 0.416 e. The van der Waals surface area contributed by atoms with Gasteiger partial charge in [0, 0.05) is 18.9 Å². The van der Waals surface area contributed by atoms with E-state index in [0.717, 1.165) is 18.2 Å². The molecule has 1 N–H and O–H groups in total. The summed E-state index contributed by atoms with van der Waals surface area (Å²) in [6.07, 6.45) is -1.51. The molecule has 4 rings (SSSR count). The number of nitrogens with one attached hydrogen (secondary N) is 1. The first-order valence-corrected chi connectivity index (χ1v) is 9.51. The fourth-order valence-electron chi connectivity index (χ4n) is 3.71. The molecule has 0 spiro atoms. The maximum Gasteiger partial charge on any atom is 0.416 e. The van der Waals surface area contributed by atoms with Crippen LogP contribution in [0.5, 0.6) is 0 Å². The monoisotopic (exact) mass is 434 g/mol. The summed E-state index contributed by atoms with van der Waals surface area (Å²) in [7, 11) is 0. The standard InChI is InChI=1S/C21H18F4N4O2/c22-17-11-16(4-5-18(17)29-13-26-12-27-29)28-19(30)20(6-8-31-9-7-20)14-2-1-3-15(10-14)21(23,24)25/h1-5,10-13H,6-9H2,(H,28,30). The number of amides is 1. The van der Waals surface area contributed by atoms with Crippen molar-refractivity contribution >= 4 is 11.6 Å². The van der Waals surface area contributed by atoms with Gasteiger partial charge in [0.1, 0.15) is 18.3 Å². The van der Waals surface area contributed by atoms with Crippen molar-refractivity contribution in [3.63, 3.8) is 0 Å². The van der Waals surface area contributed by atoms with Crippen LogP contribution < -0.4 is 5.32 Å². The Morgan fingerprint density at radius 3 is 2.55 bits per heavy atom. The van der Waals surface area contributed by atoms with E-state index < -0.39 is 28.9 Å². The Balaban J connectivity index is 1.65. The topological polar surface area (TPSA) is 69.0 Å². The molecule has 1 saturated heterocycles. The van der Waals surface area contributed by atoms with E-state index in [1.165, 1.54) is 41.6 Å². The summed E-state index contributed by atoms with van der Waals surface area (Å²) < 4.78 is 60.8. The number of rotatable bonds is 4. The van der Waals surface area contributed by atoms with Gasteiger partial charge in [-0.1, -0.05) is 18.2 Å². The fraction of sp³-hybridized carbons (Fsp3) is 0.286. The zero-order valence-electron chi connectivity index (χ0n) is 16.2. The molecule has 2 heterocycles. The molecule has 3 aromatic rings. The lowest BCUT2D eigenvalue weighted by Crippen LogP contribution is -2.45. The van der Waals surface area contributed by atoms with Gasteiger partial charge in [0.25, 0.3) is 0 Å². The third-order valence-electron chi connectivity index (χ3n) is 5.39. The Hall–Kier alpha value is -3.27. The van der Waals surface area contributed by atoms with Crippen LogP contribution in [0.15, 0.2) is 55.1 Å². The average molecular weight is 434 g/mol. The van der Waals surface area contributed by atoms with E-state index in [0.29, 0.717) is 0 Å². The number of aromatic nitrogens is 3. The van der Waals surface area contributed by atoms with Crippen molar-refractivity contribution in [2.75, 3.05) is 18.5 Å². The average Bonchev–Trinajstić information content (AvgIpc) is 3.28. The highest BCUT2D eigenvalue weighted by Crippen LogP contribution is 2.39. The molecule has 162 valence electrons. The summed E-state index contributed by atoms with van der Waals surface area (Å²) in [6.45, 7) is 0.451. The zero-order valence-corrected chi connectivity index (χ0v) is 16.2. The predicted octanol–water partition coefficient (Wildman–Crippen LogP) is 4.11. The van der Waals surface area contributed by atoms with Crippen LogP contribution >= 0.6 is 0 Å². The maximum absolute atomic E-state index is 14.5. The first kappa shape index (κ1) is 21.0. The molecule has 0 atom stereocenters. The molecule has 0 bridgehead atoms. The van der Waals surface area contributed by atoms with E-state index in [2.05, 4.69) is 15.4 Å². The van der Waals surface area contributed by atoms with Crippen LogP contribution in [0.1, 0.15) is 24.0 Å². The van der Waals surface area contributed by atoms with Gasteiger partial charge in [-0.3, -0.25) is 4.79 Å². The molecule has 6 nitrogen and oxygen atoms in total. The van der Waals surface area contributed by atoms with Gasteiger partial charge in [0.05, 0.1) is 11.0 Å². The summed E-state index contributed by atoms with van der Waals surface area (Å²) in [5, 5.41) is 6.52. The molecule has 0 radical (unpaired) electrons. The molecule has 1 amide bonds. The molecule has 31 heavy (non-hydrogen) atoms. The van der Waals surface area contributed by atoms with Crippen LogP contribution in [0.2, 0.25) is 0 Å². The lowest BCUT2D eigenvalue weighted by atomic mass is 9.73. The van der Waals surface area contributed by atoms with Crippen LogP contribution in [0.3, 0.4) is 0 Å². The van der Waals surface area contributed by atoms with Gasteiger partial charge < -0.3 is 10.1 Å². The first-order valence-electron chi connectivity index (χ1n) is 9.51. The van der Waals surface area contributed by atoms with Gasteiger partial charge in [-0.15, -0.1) is 0 Å². The van der Waals surface area contributed by atoms with Gasteiger partial charge in [-0.05, 0) is 42.7 Å². The third kappa shape index (κ3) is 4.15. The second-order valence-electron chi connectivity index (χ2n) is 7.23. The summed E-state index contributed by atoms with van der Waals surface area (Å²) in [5.41, 5.74) is -1.46. The highest BCUT2D eigenvalue weighted by atomic mass is 19.4. The number of hydrogen-bond donors (Lipinski definition) is 1. The van der Waals surface area contributed by atoms with E-state index in [4.69, 9.17) is 4.74 Å². The van der Waals surface area contributed by atoms with Crippen molar-refractivity contribution in [3.8, 4) is 5.69 Å². The number of ether oxygens (including phenoxy) is 1. The summed E-state index contributed by atoms with van der Waals surface area (Å²) >= 11 is 0. The number of alkyl halides is 3. The Morgan fingerprint density at radius 1 is 1.13 bits per heavy atom. The van der Waals surface area contributed by atoms with Gasteiger partial charge in [0.15, 0.2) is 5.82 Å². The van der Waals surface area contributed by atoms with Crippen molar-refractivity contribution in [1.29, 1.82) is 0 Å². The molecular weight excluding hydrogens is 416 g/mol. The van der Waals surface area contributed by atoms with E-state index >= 15 is 0 Å². The Bertz CT molecular complexity index is 1080. The summed E-state index contributed by atoms with van der Waals surface area (Å²) in [5.74, 6) is -1.15. The molecular formula is C21H18F4N4O2. The van der Waals surface area contributed by atoms with Crippen LogP contribution in [-0.4, -0.2) is 33.9 Å². The van der Waals surface area contributed by atoms with Gasteiger partial charge >= 0.3 is 6.18 Å². The minimum atomic E-state index is -4.53.